The Bertz CT molecular complexity index is 2120. The van der Waals surface area contributed by atoms with Gasteiger partial charge in [-0.05, 0) is 72.2 Å². The van der Waals surface area contributed by atoms with Crippen LogP contribution >= 0.6 is 0 Å². The molecule has 0 radical (unpaired) electrons. The topological polar surface area (TPSA) is 121 Å². The Hall–Kier alpha value is -5.76. The molecule has 4 aromatic rings. The molecule has 0 spiro atoms. The number of imide groups is 1. The summed E-state index contributed by atoms with van der Waals surface area (Å²) in [7, 11) is 1.50. The number of hydrogen-bond donors (Lipinski definition) is 2. The Kier molecular flexibility index (Phi) is 7.97. The number of Topliss-reactive ketones (excluding diaryl/α,β-unsaturated/α-hetero) is 1. The molecule has 1 saturated heterocycles. The highest BCUT2D eigenvalue weighted by Crippen LogP contribution is 2.65. The molecule has 1 aliphatic heterocycles. The Morgan fingerprint density at radius 3 is 2.22 bits per heavy atom. The summed E-state index contributed by atoms with van der Waals surface area (Å²) < 4.78 is 5.85. The normalized spacial score (nSPS) is 26.9. The van der Waals surface area contributed by atoms with E-state index in [0.717, 1.165) is 11.1 Å². The molecule has 4 aromatic carbocycles. The highest BCUT2D eigenvalue weighted by molar-refractivity contribution is 6.31. The third kappa shape index (κ3) is 4.95. The van der Waals surface area contributed by atoms with Crippen molar-refractivity contribution in [3.05, 3.63) is 143 Å². The van der Waals surface area contributed by atoms with Crippen LogP contribution in [0.1, 0.15) is 41.0 Å². The van der Waals surface area contributed by atoms with Crippen molar-refractivity contribution in [2.24, 2.45) is 23.7 Å². The Balaban J connectivity index is 1.31. The molecule has 1 saturated carbocycles. The monoisotopic (exact) mass is 679 g/mol. The van der Waals surface area contributed by atoms with Gasteiger partial charge in [0.15, 0.2) is 11.6 Å². The molecule has 2 fully saturated rings. The molecular weight excluding hydrogens is 642 g/mol. The summed E-state index contributed by atoms with van der Waals surface area (Å²) in [5.74, 6) is -4.30. The summed E-state index contributed by atoms with van der Waals surface area (Å²) in [5, 5.41) is 21.4. The van der Waals surface area contributed by atoms with Crippen molar-refractivity contribution in [2.75, 3.05) is 13.7 Å². The smallest absolute Gasteiger partial charge is 0.233 e. The first-order valence-corrected chi connectivity index (χ1v) is 17.4. The number of amides is 2. The lowest BCUT2D eigenvalue weighted by Crippen LogP contribution is -2.58. The first-order chi connectivity index (χ1) is 24.7. The minimum atomic E-state index is -1.47. The van der Waals surface area contributed by atoms with Crippen LogP contribution in [0.4, 0.5) is 0 Å². The molecule has 8 nitrogen and oxygen atoms in total. The number of benzene rings is 4. The number of allylic oxidation sites excluding steroid dienone is 4. The molecule has 2 N–H and O–H groups in total. The maximum atomic E-state index is 15.2. The van der Waals surface area contributed by atoms with Gasteiger partial charge >= 0.3 is 0 Å². The van der Waals surface area contributed by atoms with E-state index in [0.29, 0.717) is 34.4 Å². The second-order valence-electron chi connectivity index (χ2n) is 13.9. The number of fused-ring (bicyclic) bond motifs is 4. The lowest BCUT2D eigenvalue weighted by molar-refractivity contribution is -0.140. The van der Waals surface area contributed by atoms with E-state index in [4.69, 9.17) is 4.74 Å². The second kappa shape index (κ2) is 12.5. The minimum Gasteiger partial charge on any atom is -0.508 e. The number of ether oxygens (including phenoxy) is 1. The lowest BCUT2D eigenvalue weighted by atomic mass is 9.44. The van der Waals surface area contributed by atoms with E-state index in [1.807, 2.05) is 66.7 Å². The van der Waals surface area contributed by atoms with Gasteiger partial charge in [0.25, 0.3) is 0 Å². The fourth-order valence-electron chi connectivity index (χ4n) is 9.38. The predicted octanol–water partition coefficient (Wildman–Crippen LogP) is 6.17. The van der Waals surface area contributed by atoms with Gasteiger partial charge in [0.1, 0.15) is 17.2 Å². The zero-order valence-electron chi connectivity index (χ0n) is 28.1. The molecule has 2 amide bonds. The average molecular weight is 680 g/mol. The van der Waals surface area contributed by atoms with Gasteiger partial charge in [-0.15, -0.1) is 0 Å². The number of phenols is 2. The molecule has 6 atom stereocenters. The molecule has 8 rings (SSSR count). The zero-order valence-corrected chi connectivity index (χ0v) is 28.1. The first kappa shape index (κ1) is 32.4. The summed E-state index contributed by atoms with van der Waals surface area (Å²) in [5.41, 5.74) is 2.12. The van der Waals surface area contributed by atoms with Crippen LogP contribution in [-0.2, 0) is 31.0 Å². The van der Waals surface area contributed by atoms with E-state index in [1.54, 1.807) is 42.5 Å². The number of likely N-dealkylation sites (tertiary alicyclic amines) is 1. The van der Waals surface area contributed by atoms with Gasteiger partial charge in [-0.3, -0.25) is 24.1 Å². The van der Waals surface area contributed by atoms with Crippen LogP contribution in [0.3, 0.4) is 0 Å². The van der Waals surface area contributed by atoms with Crippen LogP contribution in [0.25, 0.3) is 5.57 Å². The number of phenolic OH excluding ortho intramolecular Hbond substituents is 2. The molecular formula is C43H37NO7. The highest BCUT2D eigenvalue weighted by Gasteiger charge is 2.66. The van der Waals surface area contributed by atoms with Gasteiger partial charge in [0.05, 0.1) is 24.4 Å². The van der Waals surface area contributed by atoms with Crippen molar-refractivity contribution in [2.45, 2.75) is 30.6 Å². The average Bonchev–Trinajstić information content (AvgIpc) is 3.40. The molecule has 1 heterocycles. The fourth-order valence-corrected chi connectivity index (χ4v) is 9.38. The van der Waals surface area contributed by atoms with Gasteiger partial charge in [-0.25, -0.2) is 0 Å². The molecule has 3 aliphatic carbocycles. The van der Waals surface area contributed by atoms with Crippen LogP contribution in [0.5, 0.6) is 17.2 Å². The number of nitrogens with zero attached hydrogens (tertiary/aromatic N) is 1. The third-order valence-electron chi connectivity index (χ3n) is 11.6. The lowest BCUT2D eigenvalue weighted by Gasteiger charge is -2.55. The number of aromatic hydroxyl groups is 2. The zero-order chi connectivity index (χ0) is 35.4. The molecule has 0 bridgehead atoms. The number of rotatable bonds is 7. The first-order valence-electron chi connectivity index (χ1n) is 17.4. The Labute approximate surface area is 295 Å². The maximum absolute atomic E-state index is 15.2. The van der Waals surface area contributed by atoms with Crippen molar-refractivity contribution in [3.8, 4) is 17.2 Å². The predicted molar refractivity (Wildman–Crippen MR) is 190 cm³/mol. The summed E-state index contributed by atoms with van der Waals surface area (Å²) in [6.45, 7) is 0.184. The number of methoxy groups -OCH3 is 1. The van der Waals surface area contributed by atoms with Crippen molar-refractivity contribution >= 4 is 29.0 Å². The highest BCUT2D eigenvalue weighted by atomic mass is 16.5. The van der Waals surface area contributed by atoms with E-state index < -0.39 is 35.0 Å². The van der Waals surface area contributed by atoms with Gasteiger partial charge in [-0.2, -0.15) is 0 Å². The molecule has 0 aromatic heterocycles. The van der Waals surface area contributed by atoms with Crippen molar-refractivity contribution in [3.63, 3.8) is 0 Å². The van der Waals surface area contributed by atoms with Crippen molar-refractivity contribution in [1.29, 1.82) is 0 Å². The minimum absolute atomic E-state index is 0.0838. The van der Waals surface area contributed by atoms with E-state index in [2.05, 4.69) is 0 Å². The number of carbonyl (C=O) groups is 4. The fraction of sp³-hybridized carbons (Fsp3) is 0.256. The van der Waals surface area contributed by atoms with Gasteiger partial charge in [0, 0.05) is 29.5 Å². The van der Waals surface area contributed by atoms with Gasteiger partial charge in [0.2, 0.25) is 11.8 Å². The molecule has 6 unspecified atom stereocenters. The van der Waals surface area contributed by atoms with E-state index in [9.17, 15) is 19.8 Å². The largest absolute Gasteiger partial charge is 0.508 e. The van der Waals surface area contributed by atoms with Gasteiger partial charge in [-0.1, -0.05) is 90.5 Å². The van der Waals surface area contributed by atoms with E-state index in [1.165, 1.54) is 18.1 Å². The van der Waals surface area contributed by atoms with Crippen LogP contribution in [0.15, 0.2) is 121 Å². The maximum Gasteiger partial charge on any atom is 0.233 e. The second-order valence-corrected chi connectivity index (χ2v) is 13.9. The van der Waals surface area contributed by atoms with Crippen LogP contribution in [0, 0.1) is 23.7 Å². The molecule has 51 heavy (non-hydrogen) atoms. The molecule has 4 aliphatic rings. The summed E-state index contributed by atoms with van der Waals surface area (Å²) >= 11 is 0. The third-order valence-corrected chi connectivity index (χ3v) is 11.6. The van der Waals surface area contributed by atoms with E-state index in [-0.39, 0.29) is 54.3 Å². The molecule has 256 valence electrons. The SMILES string of the molecule is COc1cccc(O)c1C1C2=CCC3C(=O)N(CCc4ccc(O)cc4)C(=O)C3C2CC2C(=O)C(c3ccccc3)=CC(=O)C21c1ccccc1. The number of hydrogen-bond acceptors (Lipinski definition) is 7. The van der Waals surface area contributed by atoms with Crippen molar-refractivity contribution in [1.82, 2.24) is 4.90 Å². The Morgan fingerprint density at radius 1 is 0.804 bits per heavy atom. The van der Waals surface area contributed by atoms with Crippen LogP contribution in [0.2, 0.25) is 0 Å². The van der Waals surface area contributed by atoms with Crippen molar-refractivity contribution < 1.29 is 34.1 Å². The van der Waals surface area contributed by atoms with E-state index >= 15 is 9.59 Å². The number of carbonyl (C=O) groups excluding carboxylic acids is 4. The molecule has 8 heteroatoms. The number of ketones is 2. The summed E-state index contributed by atoms with van der Waals surface area (Å²) in [6, 6.07) is 30.0. The quantitative estimate of drug-likeness (QED) is 0.177. The van der Waals surface area contributed by atoms with Gasteiger partial charge < -0.3 is 14.9 Å². The standard InChI is InChI=1S/C43H37NO7/c1-51-35-14-8-13-34(46)38(35)39-29-19-20-30-37(42(50)44(41(30)49)22-21-25-15-17-28(45)18-16-25)32(29)23-33-40(48)31(26-9-4-2-5-10-26)24-36(47)43(33,39)27-11-6-3-7-12-27/h2-19,24,30,32-33,37,39,45-46H,20-23H2,1H3. The summed E-state index contributed by atoms with van der Waals surface area (Å²) in [6.07, 6.45) is 4.33. The van der Waals surface area contributed by atoms with Crippen LogP contribution < -0.4 is 4.74 Å². The van der Waals surface area contributed by atoms with Crippen LogP contribution in [-0.4, -0.2) is 52.1 Å². The Morgan fingerprint density at radius 2 is 1.51 bits per heavy atom. The summed E-state index contributed by atoms with van der Waals surface area (Å²) in [4.78, 5) is 60.0.